The number of rotatable bonds is 4. The molecule has 0 saturated carbocycles. The average molecular weight is 200 g/mol. The van der Waals surface area contributed by atoms with Gasteiger partial charge in [-0.05, 0) is 13.8 Å². The van der Waals surface area contributed by atoms with Crippen LogP contribution in [0.3, 0.4) is 0 Å². The van der Waals surface area contributed by atoms with Gasteiger partial charge < -0.3 is 23.5 Å². The van der Waals surface area contributed by atoms with Gasteiger partial charge in [0.2, 0.25) is 0 Å². The van der Waals surface area contributed by atoms with Crippen LogP contribution in [0.1, 0.15) is 13.8 Å². The molecule has 0 atom stereocenters. The van der Waals surface area contributed by atoms with Gasteiger partial charge in [-0.3, -0.25) is 0 Å². The maximum absolute atomic E-state index is 8.67. The Labute approximate surface area is 70.0 Å². The lowest BCUT2D eigenvalue weighted by molar-refractivity contribution is 0.216. The fourth-order valence-electron chi connectivity index (χ4n) is 0.258. The summed E-state index contributed by atoms with van der Waals surface area (Å²) in [6.07, 6.45) is 0. The van der Waals surface area contributed by atoms with Crippen LogP contribution in [-0.4, -0.2) is 37.7 Å². The van der Waals surface area contributed by atoms with Crippen LogP contribution in [0.2, 0.25) is 0 Å². The molecule has 5 nitrogen and oxygen atoms in total. The first-order valence-electron chi connectivity index (χ1n) is 3.00. The summed E-state index contributed by atoms with van der Waals surface area (Å²) < 4.78 is 9.36. The molecule has 0 fully saturated rings. The van der Waals surface area contributed by atoms with Crippen molar-refractivity contribution in [2.45, 2.75) is 13.8 Å². The molecule has 0 aromatic carbocycles. The van der Waals surface area contributed by atoms with Crippen molar-refractivity contribution in [3.05, 3.63) is 0 Å². The number of hydrogen-bond donors (Lipinski definition) is 3. The molecule has 2 radical (unpaired) electrons. The van der Waals surface area contributed by atoms with Crippen LogP contribution >= 0.6 is 8.60 Å². The van der Waals surface area contributed by atoms with Crippen LogP contribution < -0.4 is 0 Å². The molecule has 0 rings (SSSR count). The highest BCUT2D eigenvalue weighted by Crippen LogP contribution is 2.31. The lowest BCUT2D eigenvalue weighted by Crippen LogP contribution is -1.87. The highest BCUT2D eigenvalue weighted by Gasteiger charge is 2.00. The maximum atomic E-state index is 8.67. The zero-order valence-electron chi connectivity index (χ0n) is 6.52. The van der Waals surface area contributed by atoms with E-state index in [0.717, 1.165) is 0 Å². The Kier molecular flexibility index (Phi) is 16.6. The molecular weight excluding hydrogens is 187 g/mol. The fraction of sp³-hybridized carbons (Fsp3) is 1.00. The minimum absolute atomic E-state index is 0.502. The molecule has 0 amide bonds. The lowest BCUT2D eigenvalue weighted by atomic mass is 10.9. The Morgan fingerprint density at radius 1 is 1.18 bits per heavy atom. The highest BCUT2D eigenvalue weighted by atomic mass is 31.2. The van der Waals surface area contributed by atoms with Crippen molar-refractivity contribution in [1.82, 2.24) is 0 Å². The first kappa shape index (κ1) is 14.0. The van der Waals surface area contributed by atoms with Gasteiger partial charge in [-0.15, -0.1) is 0 Å². The Morgan fingerprint density at radius 3 is 1.64 bits per heavy atom. The second-order valence-corrected chi connectivity index (χ2v) is 2.37. The molecule has 7 heteroatoms. The summed E-state index contributed by atoms with van der Waals surface area (Å²) >= 11 is 0. The predicted octanol–water partition coefficient (Wildman–Crippen LogP) is -0.216. The first-order valence-corrected chi connectivity index (χ1v) is 5.03. The van der Waals surface area contributed by atoms with Gasteiger partial charge >= 0.3 is 18.6 Å². The molecule has 0 aromatic heterocycles. The van der Waals surface area contributed by atoms with Crippen molar-refractivity contribution in [3.8, 4) is 0 Å². The van der Waals surface area contributed by atoms with Crippen LogP contribution in [0.4, 0.5) is 0 Å². The van der Waals surface area contributed by atoms with Gasteiger partial charge in [-0.1, -0.05) is 0 Å². The van der Waals surface area contributed by atoms with Crippen LogP contribution in [0.25, 0.3) is 0 Å². The summed E-state index contributed by atoms with van der Waals surface area (Å²) in [6, 6.07) is 0. The molecule has 0 aliphatic rings. The Morgan fingerprint density at radius 2 is 1.45 bits per heavy atom. The minimum Gasteiger partial charge on any atom is -0.409 e. The second kappa shape index (κ2) is 13.1. The predicted molar refractivity (Wildman–Crippen MR) is 42.6 cm³/mol. The van der Waals surface area contributed by atoms with Crippen LogP contribution in [0.15, 0.2) is 0 Å². The summed E-state index contributed by atoms with van der Waals surface area (Å²) in [5.74, 6) is 0. The summed E-state index contributed by atoms with van der Waals surface area (Å²) in [5.41, 5.74) is 0. The van der Waals surface area contributed by atoms with Crippen molar-refractivity contribution in [3.63, 3.8) is 0 Å². The molecule has 11 heavy (non-hydrogen) atoms. The lowest BCUT2D eigenvalue weighted by Gasteiger charge is -2.05. The quantitative estimate of drug-likeness (QED) is 0.432. The van der Waals surface area contributed by atoms with E-state index in [1.165, 1.54) is 0 Å². The summed E-state index contributed by atoms with van der Waals surface area (Å²) in [7, 11) is -2.50. The van der Waals surface area contributed by atoms with E-state index >= 15 is 0 Å². The molecule has 0 aliphatic carbocycles. The van der Waals surface area contributed by atoms with Crippen LogP contribution in [0, 0.1) is 0 Å². The summed E-state index contributed by atoms with van der Waals surface area (Å²) in [5, 5.41) is 0. The molecular formula is C4H13O5PSi. The van der Waals surface area contributed by atoms with Gasteiger partial charge in [0.15, 0.2) is 0 Å². The standard InChI is InChI=1S/C4H11O3P.H2O2Si/c1-3-6-8(5)7-4-2;1-3-2/h5H,3-4H2,1-2H3;1-2H. The topological polar surface area (TPSA) is 79.2 Å². The Hall–Kier alpha value is 0.447. The maximum Gasteiger partial charge on any atom is 0.427 e. The zero-order valence-corrected chi connectivity index (χ0v) is 8.41. The van der Waals surface area contributed by atoms with Crippen LogP contribution in [0.5, 0.6) is 0 Å². The van der Waals surface area contributed by atoms with E-state index in [1.807, 2.05) is 13.8 Å². The van der Waals surface area contributed by atoms with E-state index < -0.39 is 18.6 Å². The molecule has 0 unspecified atom stereocenters. The molecule has 0 spiro atoms. The van der Waals surface area contributed by atoms with E-state index in [0.29, 0.717) is 13.2 Å². The van der Waals surface area contributed by atoms with Crippen molar-refractivity contribution < 1.29 is 23.5 Å². The van der Waals surface area contributed by atoms with Crippen molar-refractivity contribution in [2.24, 2.45) is 0 Å². The Bertz CT molecular complexity index is 60.4. The normalized spacial score (nSPS) is 9.27. The first-order chi connectivity index (χ1) is 5.22. The third-order valence-electron chi connectivity index (χ3n) is 0.479. The van der Waals surface area contributed by atoms with Gasteiger partial charge in [0.05, 0.1) is 13.2 Å². The van der Waals surface area contributed by atoms with Gasteiger partial charge in [-0.2, -0.15) is 0 Å². The smallest absolute Gasteiger partial charge is 0.409 e. The third kappa shape index (κ3) is 17.9. The Balaban J connectivity index is 0. The average Bonchev–Trinajstić information content (AvgIpc) is 1.90. The SMILES string of the molecule is CCOP(O)OCC.O[Si]O. The van der Waals surface area contributed by atoms with E-state index in [1.54, 1.807) is 0 Å². The molecule has 0 aliphatic heterocycles. The van der Waals surface area contributed by atoms with E-state index in [4.69, 9.17) is 14.5 Å². The molecule has 0 heterocycles. The minimum atomic E-state index is -1.58. The highest BCUT2D eigenvalue weighted by molar-refractivity contribution is 7.40. The molecule has 0 aromatic rings. The zero-order chi connectivity index (χ0) is 9.11. The van der Waals surface area contributed by atoms with Gasteiger partial charge in [0, 0.05) is 0 Å². The van der Waals surface area contributed by atoms with Crippen molar-refractivity contribution in [2.75, 3.05) is 13.2 Å². The van der Waals surface area contributed by atoms with Crippen LogP contribution in [-0.2, 0) is 9.05 Å². The summed E-state index contributed by atoms with van der Waals surface area (Å²) in [4.78, 5) is 23.0. The van der Waals surface area contributed by atoms with E-state index in [2.05, 4.69) is 9.05 Å². The molecule has 0 saturated heterocycles. The summed E-state index contributed by atoms with van der Waals surface area (Å²) in [6.45, 7) is 4.62. The monoisotopic (exact) mass is 200 g/mol. The molecule has 3 N–H and O–H groups in total. The van der Waals surface area contributed by atoms with Gasteiger partial charge in [0.1, 0.15) is 0 Å². The van der Waals surface area contributed by atoms with E-state index in [9.17, 15) is 0 Å². The van der Waals surface area contributed by atoms with Gasteiger partial charge in [-0.25, -0.2) is 0 Å². The molecule has 68 valence electrons. The van der Waals surface area contributed by atoms with Crippen molar-refractivity contribution in [1.29, 1.82) is 0 Å². The van der Waals surface area contributed by atoms with Crippen molar-refractivity contribution >= 4 is 18.6 Å². The number of hydrogen-bond acceptors (Lipinski definition) is 5. The largest absolute Gasteiger partial charge is 0.427 e. The molecule has 0 bridgehead atoms. The second-order valence-electron chi connectivity index (χ2n) is 1.17. The fourth-order valence-corrected chi connectivity index (χ4v) is 0.774. The van der Waals surface area contributed by atoms with E-state index in [-0.39, 0.29) is 0 Å². The van der Waals surface area contributed by atoms with Gasteiger partial charge in [0.25, 0.3) is 0 Å². The third-order valence-corrected chi connectivity index (χ3v) is 1.44.